The predicted molar refractivity (Wildman–Crippen MR) is 81.0 cm³/mol. The molecular weight excluding hydrogens is 266 g/mol. The Balaban J connectivity index is 2.08. The fourth-order valence-corrected chi connectivity index (χ4v) is 2.24. The Kier molecular flexibility index (Phi) is 4.75. The minimum atomic E-state index is -0.0192. The van der Waals surface area contributed by atoms with Gasteiger partial charge in [0, 0.05) is 18.2 Å². The second kappa shape index (κ2) is 6.54. The van der Waals surface area contributed by atoms with Crippen LogP contribution in [0, 0.1) is 13.8 Å². The van der Waals surface area contributed by atoms with E-state index in [1.54, 1.807) is 11.9 Å². The molecule has 5 heteroatoms. The first-order valence-corrected chi connectivity index (χ1v) is 6.99. The molecule has 0 saturated carbocycles. The van der Waals surface area contributed by atoms with Gasteiger partial charge >= 0.3 is 0 Å². The first-order chi connectivity index (χ1) is 10.0. The molecule has 1 aromatic carbocycles. The summed E-state index contributed by atoms with van der Waals surface area (Å²) in [5, 5.41) is 3.91. The fraction of sp³-hybridized carbons (Fsp3) is 0.375. The maximum Gasteiger partial charge on any atom is 0.253 e. The monoisotopic (exact) mass is 287 g/mol. The van der Waals surface area contributed by atoms with Gasteiger partial charge in [0.1, 0.15) is 5.76 Å². The number of nitrogens with two attached hydrogens (primary N) is 1. The smallest absolute Gasteiger partial charge is 0.253 e. The third-order valence-corrected chi connectivity index (χ3v) is 3.56. The summed E-state index contributed by atoms with van der Waals surface area (Å²) in [6, 6.07) is 7.59. The number of carbonyl (C=O) groups excluding carboxylic acids is 1. The number of aromatic nitrogens is 1. The molecule has 0 fully saturated rings. The number of hydrogen-bond acceptors (Lipinski definition) is 4. The maximum absolute atomic E-state index is 12.4. The molecule has 0 aliphatic rings. The molecule has 1 aromatic heterocycles. The summed E-state index contributed by atoms with van der Waals surface area (Å²) in [5.41, 5.74) is 9.12. The zero-order valence-corrected chi connectivity index (χ0v) is 12.7. The van der Waals surface area contributed by atoms with E-state index in [1.807, 2.05) is 38.1 Å². The molecule has 0 radical (unpaired) electrons. The standard InChI is InChI=1S/C16H21N3O2/c1-11-15(12(2)21-18-11)10-19(3)16(20)14-6-4-13(5-7-14)8-9-17/h4-7H,8-10,17H2,1-3H3. The first-order valence-electron chi connectivity index (χ1n) is 6.99. The SMILES string of the molecule is Cc1noc(C)c1CN(C)C(=O)c1ccc(CCN)cc1. The topological polar surface area (TPSA) is 72.4 Å². The summed E-state index contributed by atoms with van der Waals surface area (Å²) in [4.78, 5) is 14.1. The third-order valence-electron chi connectivity index (χ3n) is 3.56. The summed E-state index contributed by atoms with van der Waals surface area (Å²) in [7, 11) is 1.78. The summed E-state index contributed by atoms with van der Waals surface area (Å²) in [6.45, 7) is 4.84. The van der Waals surface area contributed by atoms with Gasteiger partial charge in [-0.3, -0.25) is 4.79 Å². The summed E-state index contributed by atoms with van der Waals surface area (Å²) in [5.74, 6) is 0.736. The second-order valence-corrected chi connectivity index (χ2v) is 5.20. The van der Waals surface area contributed by atoms with Crippen molar-refractivity contribution in [1.82, 2.24) is 10.1 Å². The highest BCUT2D eigenvalue weighted by Crippen LogP contribution is 2.16. The number of aryl methyl sites for hydroxylation is 2. The molecule has 0 atom stereocenters. The zero-order chi connectivity index (χ0) is 15.4. The van der Waals surface area contributed by atoms with Crippen LogP contribution in [0.5, 0.6) is 0 Å². The average molecular weight is 287 g/mol. The van der Waals surface area contributed by atoms with E-state index in [0.29, 0.717) is 18.7 Å². The van der Waals surface area contributed by atoms with Crippen molar-refractivity contribution in [2.75, 3.05) is 13.6 Å². The van der Waals surface area contributed by atoms with E-state index in [2.05, 4.69) is 5.16 Å². The summed E-state index contributed by atoms with van der Waals surface area (Å²) in [6.07, 6.45) is 0.823. The van der Waals surface area contributed by atoms with Gasteiger partial charge in [0.2, 0.25) is 0 Å². The Morgan fingerprint density at radius 1 is 1.29 bits per heavy atom. The number of nitrogens with zero attached hydrogens (tertiary/aromatic N) is 2. The molecule has 0 spiro atoms. The molecule has 1 amide bonds. The van der Waals surface area contributed by atoms with Crippen molar-refractivity contribution >= 4 is 5.91 Å². The van der Waals surface area contributed by atoms with Crippen LogP contribution >= 0.6 is 0 Å². The van der Waals surface area contributed by atoms with Crippen molar-refractivity contribution in [2.45, 2.75) is 26.8 Å². The Morgan fingerprint density at radius 3 is 2.48 bits per heavy atom. The molecule has 2 aromatic rings. The lowest BCUT2D eigenvalue weighted by Crippen LogP contribution is -2.26. The lowest BCUT2D eigenvalue weighted by atomic mass is 10.1. The average Bonchev–Trinajstić information content (AvgIpc) is 2.79. The van der Waals surface area contributed by atoms with Gasteiger partial charge < -0.3 is 15.2 Å². The molecule has 21 heavy (non-hydrogen) atoms. The van der Waals surface area contributed by atoms with E-state index in [-0.39, 0.29) is 5.91 Å². The van der Waals surface area contributed by atoms with Gasteiger partial charge in [-0.1, -0.05) is 17.3 Å². The normalized spacial score (nSPS) is 10.7. The fourth-order valence-electron chi connectivity index (χ4n) is 2.24. The van der Waals surface area contributed by atoms with Crippen molar-refractivity contribution in [3.05, 3.63) is 52.4 Å². The molecule has 0 bridgehead atoms. The molecule has 0 unspecified atom stereocenters. The lowest BCUT2D eigenvalue weighted by molar-refractivity contribution is 0.0784. The van der Waals surface area contributed by atoms with E-state index < -0.39 is 0 Å². The van der Waals surface area contributed by atoms with Crippen LogP contribution < -0.4 is 5.73 Å². The van der Waals surface area contributed by atoms with E-state index in [1.165, 1.54) is 0 Å². The van der Waals surface area contributed by atoms with Gasteiger partial charge in [0.05, 0.1) is 12.2 Å². The molecule has 5 nitrogen and oxygen atoms in total. The van der Waals surface area contributed by atoms with E-state index in [4.69, 9.17) is 10.3 Å². The second-order valence-electron chi connectivity index (χ2n) is 5.20. The van der Waals surface area contributed by atoms with Crippen LogP contribution in [0.15, 0.2) is 28.8 Å². The highest BCUT2D eigenvalue weighted by molar-refractivity contribution is 5.94. The van der Waals surface area contributed by atoms with Crippen molar-refractivity contribution in [3.8, 4) is 0 Å². The largest absolute Gasteiger partial charge is 0.361 e. The number of benzene rings is 1. The van der Waals surface area contributed by atoms with Gasteiger partial charge in [-0.15, -0.1) is 0 Å². The Morgan fingerprint density at radius 2 is 1.95 bits per heavy atom. The van der Waals surface area contributed by atoms with Crippen LogP contribution in [0.2, 0.25) is 0 Å². The highest BCUT2D eigenvalue weighted by atomic mass is 16.5. The van der Waals surface area contributed by atoms with Gasteiger partial charge in [-0.2, -0.15) is 0 Å². The van der Waals surface area contributed by atoms with Crippen LogP contribution in [0.4, 0.5) is 0 Å². The maximum atomic E-state index is 12.4. The molecule has 0 saturated heterocycles. The van der Waals surface area contributed by atoms with Gasteiger partial charge in [0.25, 0.3) is 5.91 Å². The Labute approximate surface area is 124 Å². The first kappa shape index (κ1) is 15.3. The van der Waals surface area contributed by atoms with Crippen LogP contribution in [0.3, 0.4) is 0 Å². The number of carbonyl (C=O) groups is 1. The van der Waals surface area contributed by atoms with Gasteiger partial charge in [-0.05, 0) is 44.5 Å². The third kappa shape index (κ3) is 3.49. The highest BCUT2D eigenvalue weighted by Gasteiger charge is 2.16. The Hall–Kier alpha value is -2.14. The van der Waals surface area contributed by atoms with Gasteiger partial charge in [0.15, 0.2) is 0 Å². The lowest BCUT2D eigenvalue weighted by Gasteiger charge is -2.17. The number of rotatable bonds is 5. The molecule has 1 heterocycles. The predicted octanol–water partition coefficient (Wildman–Crippen LogP) is 2.06. The van der Waals surface area contributed by atoms with E-state index >= 15 is 0 Å². The van der Waals surface area contributed by atoms with Crippen molar-refractivity contribution < 1.29 is 9.32 Å². The molecule has 2 N–H and O–H groups in total. The van der Waals surface area contributed by atoms with Gasteiger partial charge in [-0.25, -0.2) is 0 Å². The minimum absolute atomic E-state index is 0.0192. The molecule has 0 aliphatic heterocycles. The van der Waals surface area contributed by atoms with Crippen LogP contribution in [-0.2, 0) is 13.0 Å². The van der Waals surface area contributed by atoms with Crippen molar-refractivity contribution in [1.29, 1.82) is 0 Å². The molecule has 0 aliphatic carbocycles. The van der Waals surface area contributed by atoms with Crippen molar-refractivity contribution in [2.24, 2.45) is 5.73 Å². The Bertz CT molecular complexity index is 597. The summed E-state index contributed by atoms with van der Waals surface area (Å²) >= 11 is 0. The number of hydrogen-bond donors (Lipinski definition) is 1. The van der Waals surface area contributed by atoms with Crippen molar-refractivity contribution in [3.63, 3.8) is 0 Å². The van der Waals surface area contributed by atoms with Crippen LogP contribution in [0.1, 0.15) is 32.9 Å². The molecular formula is C16H21N3O2. The summed E-state index contributed by atoms with van der Waals surface area (Å²) < 4.78 is 5.12. The quantitative estimate of drug-likeness (QED) is 0.913. The van der Waals surface area contributed by atoms with E-state index in [9.17, 15) is 4.79 Å². The van der Waals surface area contributed by atoms with Crippen LogP contribution in [-0.4, -0.2) is 29.6 Å². The van der Waals surface area contributed by atoms with E-state index in [0.717, 1.165) is 29.0 Å². The number of amides is 1. The molecule has 112 valence electrons. The minimum Gasteiger partial charge on any atom is -0.361 e. The van der Waals surface area contributed by atoms with Crippen LogP contribution in [0.25, 0.3) is 0 Å². The zero-order valence-electron chi connectivity index (χ0n) is 12.7. The molecule has 2 rings (SSSR count).